The van der Waals surface area contributed by atoms with Crippen molar-refractivity contribution < 1.29 is 4.79 Å². The summed E-state index contributed by atoms with van der Waals surface area (Å²) in [6, 6.07) is -0.597. The Bertz CT molecular complexity index is 116. The van der Waals surface area contributed by atoms with E-state index in [1.54, 1.807) is 5.01 Å². The average molecular weight is 200 g/mol. The Kier molecular flexibility index (Phi) is 6.40. The number of amides is 2. The molecule has 0 aromatic carbocycles. The van der Waals surface area contributed by atoms with Gasteiger partial charge < -0.3 is 5.73 Å². The van der Waals surface area contributed by atoms with Crippen LogP contribution in [0.3, 0.4) is 0 Å². The van der Waals surface area contributed by atoms with Gasteiger partial charge in [0.2, 0.25) is 0 Å². The van der Waals surface area contributed by atoms with E-state index in [1.807, 2.05) is 0 Å². The molecule has 0 bridgehead atoms. The normalized spacial score (nSPS) is 10.1. The standard InChI is InChI=1S/C5H11Cl2N3O/c6-1-3-10(4-2-7)9-5(8)11/h1-4H2,(H3,8,9,11). The van der Waals surface area contributed by atoms with Gasteiger partial charge >= 0.3 is 6.03 Å². The van der Waals surface area contributed by atoms with Crippen molar-refractivity contribution >= 4 is 29.2 Å². The van der Waals surface area contributed by atoms with Gasteiger partial charge in [-0.25, -0.2) is 9.80 Å². The van der Waals surface area contributed by atoms with E-state index >= 15 is 0 Å². The highest BCUT2D eigenvalue weighted by atomic mass is 35.5. The lowest BCUT2D eigenvalue weighted by Crippen LogP contribution is -2.46. The molecule has 0 saturated carbocycles. The third-order valence-electron chi connectivity index (χ3n) is 0.977. The summed E-state index contributed by atoms with van der Waals surface area (Å²) in [5.74, 6) is 0.855. The zero-order valence-corrected chi connectivity index (χ0v) is 7.53. The predicted octanol–water partition coefficient (Wildman–Crippen LogP) is 0.349. The van der Waals surface area contributed by atoms with E-state index in [2.05, 4.69) is 5.43 Å². The number of nitrogens with zero attached hydrogens (tertiary/aromatic N) is 1. The summed E-state index contributed by atoms with van der Waals surface area (Å²) in [4.78, 5) is 10.3. The molecule has 4 nitrogen and oxygen atoms in total. The zero-order valence-electron chi connectivity index (χ0n) is 6.02. The number of nitrogens with one attached hydrogen (secondary N) is 1. The molecule has 0 heterocycles. The number of rotatable bonds is 5. The highest BCUT2D eigenvalue weighted by molar-refractivity contribution is 6.18. The third kappa shape index (κ3) is 6.22. The fraction of sp³-hybridized carbons (Fsp3) is 0.800. The first-order valence-corrected chi connectivity index (χ1v) is 4.20. The first kappa shape index (κ1) is 10.8. The SMILES string of the molecule is NC(=O)NN(CCCl)CCCl. The molecule has 0 spiro atoms. The number of urea groups is 1. The van der Waals surface area contributed by atoms with Crippen LogP contribution in [0.15, 0.2) is 0 Å². The summed E-state index contributed by atoms with van der Waals surface area (Å²) < 4.78 is 0. The molecule has 0 aromatic heterocycles. The van der Waals surface area contributed by atoms with Crippen molar-refractivity contribution in [2.75, 3.05) is 24.8 Å². The van der Waals surface area contributed by atoms with Crippen LogP contribution in [0.1, 0.15) is 0 Å². The van der Waals surface area contributed by atoms with Crippen LogP contribution >= 0.6 is 23.2 Å². The molecule has 0 aliphatic heterocycles. The number of hydrogen-bond donors (Lipinski definition) is 2. The maximum atomic E-state index is 10.3. The topological polar surface area (TPSA) is 58.4 Å². The molecule has 0 aliphatic rings. The van der Waals surface area contributed by atoms with Gasteiger partial charge in [-0.2, -0.15) is 0 Å². The van der Waals surface area contributed by atoms with Crippen LogP contribution in [0.25, 0.3) is 0 Å². The highest BCUT2D eigenvalue weighted by Gasteiger charge is 2.03. The molecule has 0 aromatic rings. The molecule has 0 atom stereocenters. The Hall–Kier alpha value is -0.190. The van der Waals surface area contributed by atoms with Gasteiger partial charge in [-0.1, -0.05) is 0 Å². The second kappa shape index (κ2) is 6.52. The Balaban J connectivity index is 3.59. The van der Waals surface area contributed by atoms with Crippen LogP contribution < -0.4 is 11.2 Å². The van der Waals surface area contributed by atoms with Gasteiger partial charge in [0.05, 0.1) is 0 Å². The molecule has 0 fully saturated rings. The van der Waals surface area contributed by atoms with E-state index in [-0.39, 0.29) is 0 Å². The van der Waals surface area contributed by atoms with E-state index < -0.39 is 6.03 Å². The van der Waals surface area contributed by atoms with Crippen LogP contribution in [0.2, 0.25) is 0 Å². The lowest BCUT2D eigenvalue weighted by atomic mass is 10.6. The van der Waals surface area contributed by atoms with Crippen LogP contribution in [0, 0.1) is 0 Å². The molecule has 0 radical (unpaired) electrons. The van der Waals surface area contributed by atoms with Gasteiger partial charge in [-0.3, -0.25) is 5.43 Å². The smallest absolute Gasteiger partial charge is 0.326 e. The quantitative estimate of drug-likeness (QED) is 0.496. The summed E-state index contributed by atoms with van der Waals surface area (Å²) in [6.07, 6.45) is 0. The molecular formula is C5H11Cl2N3O. The average Bonchev–Trinajstić information content (AvgIpc) is 1.87. The lowest BCUT2D eigenvalue weighted by molar-refractivity contribution is 0.195. The number of alkyl halides is 2. The van der Waals surface area contributed by atoms with Crippen LogP contribution in [-0.2, 0) is 0 Å². The predicted molar refractivity (Wildman–Crippen MR) is 45.7 cm³/mol. The molecule has 2 amide bonds. The first-order chi connectivity index (χ1) is 5.20. The molecule has 0 saturated heterocycles. The Morgan fingerprint density at radius 2 is 1.82 bits per heavy atom. The molecule has 0 rings (SSSR count). The number of halogens is 2. The van der Waals surface area contributed by atoms with Crippen molar-refractivity contribution in [1.82, 2.24) is 10.4 Å². The second-order valence-electron chi connectivity index (χ2n) is 1.84. The summed E-state index contributed by atoms with van der Waals surface area (Å²) in [5, 5.41) is 1.57. The number of primary amides is 1. The Morgan fingerprint density at radius 1 is 1.36 bits per heavy atom. The number of nitrogens with two attached hydrogens (primary N) is 1. The fourth-order valence-corrected chi connectivity index (χ4v) is 0.992. The number of carbonyl (C=O) groups is 1. The van der Waals surface area contributed by atoms with Gasteiger partial charge in [-0.05, 0) is 0 Å². The fourth-order valence-electron chi connectivity index (χ4n) is 0.583. The summed E-state index contributed by atoms with van der Waals surface area (Å²) in [7, 11) is 0. The van der Waals surface area contributed by atoms with Crippen LogP contribution in [-0.4, -0.2) is 35.9 Å². The number of hydrogen-bond acceptors (Lipinski definition) is 2. The largest absolute Gasteiger partial charge is 0.351 e. The van der Waals surface area contributed by atoms with Crippen molar-refractivity contribution in [3.63, 3.8) is 0 Å². The second-order valence-corrected chi connectivity index (χ2v) is 2.60. The Labute approximate surface area is 75.6 Å². The van der Waals surface area contributed by atoms with E-state index in [1.165, 1.54) is 0 Å². The minimum Gasteiger partial charge on any atom is -0.351 e. The number of hydrazine groups is 1. The minimum absolute atomic E-state index is 0.428. The molecular weight excluding hydrogens is 189 g/mol. The maximum Gasteiger partial charge on any atom is 0.326 e. The summed E-state index contributed by atoms with van der Waals surface area (Å²) >= 11 is 10.9. The van der Waals surface area contributed by atoms with Crippen molar-refractivity contribution in [1.29, 1.82) is 0 Å². The van der Waals surface area contributed by atoms with Gasteiger partial charge in [0.15, 0.2) is 0 Å². The van der Waals surface area contributed by atoms with Gasteiger partial charge in [-0.15, -0.1) is 23.2 Å². The molecule has 0 unspecified atom stereocenters. The monoisotopic (exact) mass is 199 g/mol. The zero-order chi connectivity index (χ0) is 8.69. The Morgan fingerprint density at radius 3 is 2.09 bits per heavy atom. The highest BCUT2D eigenvalue weighted by Crippen LogP contribution is 1.86. The molecule has 0 aliphatic carbocycles. The summed E-state index contributed by atoms with van der Waals surface area (Å²) in [6.45, 7) is 1.08. The van der Waals surface area contributed by atoms with E-state index in [4.69, 9.17) is 28.9 Å². The van der Waals surface area contributed by atoms with E-state index in [0.717, 1.165) is 0 Å². The van der Waals surface area contributed by atoms with E-state index in [0.29, 0.717) is 24.8 Å². The lowest BCUT2D eigenvalue weighted by Gasteiger charge is -2.19. The van der Waals surface area contributed by atoms with Crippen LogP contribution in [0.4, 0.5) is 4.79 Å². The van der Waals surface area contributed by atoms with Crippen molar-refractivity contribution in [2.24, 2.45) is 5.73 Å². The minimum atomic E-state index is -0.597. The maximum absolute atomic E-state index is 10.3. The van der Waals surface area contributed by atoms with Gasteiger partial charge in [0.1, 0.15) is 0 Å². The molecule has 6 heteroatoms. The third-order valence-corrected chi connectivity index (χ3v) is 1.32. The van der Waals surface area contributed by atoms with Crippen LogP contribution in [0.5, 0.6) is 0 Å². The number of carbonyl (C=O) groups excluding carboxylic acids is 1. The summed E-state index contributed by atoms with van der Waals surface area (Å²) in [5.41, 5.74) is 7.26. The van der Waals surface area contributed by atoms with Crippen molar-refractivity contribution in [3.8, 4) is 0 Å². The first-order valence-electron chi connectivity index (χ1n) is 3.13. The molecule has 66 valence electrons. The van der Waals surface area contributed by atoms with Gasteiger partial charge in [0.25, 0.3) is 0 Å². The van der Waals surface area contributed by atoms with Gasteiger partial charge in [0, 0.05) is 24.8 Å². The molecule has 3 N–H and O–H groups in total. The van der Waals surface area contributed by atoms with Crippen molar-refractivity contribution in [2.45, 2.75) is 0 Å². The van der Waals surface area contributed by atoms with Crippen molar-refractivity contribution in [3.05, 3.63) is 0 Å². The molecule has 11 heavy (non-hydrogen) atoms. The van der Waals surface area contributed by atoms with E-state index in [9.17, 15) is 4.79 Å².